The summed E-state index contributed by atoms with van der Waals surface area (Å²) in [5.41, 5.74) is 8.30. The Morgan fingerprint density at radius 1 is 1.33 bits per heavy atom. The molecule has 0 unspecified atom stereocenters. The SMILES string of the molecule is Cc1nc(/N=C(\N)N2CCC(Cc3ccccc3)CC2)[nH]c(=O)c1CCO. The fourth-order valence-electron chi connectivity index (χ4n) is 3.55. The van der Waals surface area contributed by atoms with Crippen LogP contribution < -0.4 is 11.3 Å². The number of aliphatic hydroxyl groups is 1. The number of hydrogen-bond donors (Lipinski definition) is 3. The minimum absolute atomic E-state index is 0.0890. The number of likely N-dealkylation sites (tertiary alicyclic amines) is 1. The van der Waals surface area contributed by atoms with Gasteiger partial charge in [-0.05, 0) is 37.7 Å². The van der Waals surface area contributed by atoms with Crippen molar-refractivity contribution in [3.05, 3.63) is 57.5 Å². The average molecular weight is 369 g/mol. The molecule has 1 saturated heterocycles. The number of benzene rings is 1. The highest BCUT2D eigenvalue weighted by molar-refractivity contribution is 5.80. The molecular formula is C20H27N5O2. The van der Waals surface area contributed by atoms with E-state index in [9.17, 15) is 4.79 Å². The minimum Gasteiger partial charge on any atom is -0.396 e. The van der Waals surface area contributed by atoms with E-state index in [1.165, 1.54) is 5.56 Å². The van der Waals surface area contributed by atoms with Gasteiger partial charge in [-0.1, -0.05) is 30.3 Å². The molecule has 1 fully saturated rings. The Kier molecular flexibility index (Phi) is 6.24. The zero-order chi connectivity index (χ0) is 19.2. The van der Waals surface area contributed by atoms with Gasteiger partial charge in [0.1, 0.15) is 0 Å². The highest BCUT2D eigenvalue weighted by Crippen LogP contribution is 2.21. The lowest BCUT2D eigenvalue weighted by atomic mass is 9.90. The summed E-state index contributed by atoms with van der Waals surface area (Å²) in [5.74, 6) is 1.24. The van der Waals surface area contributed by atoms with Gasteiger partial charge in [-0.3, -0.25) is 9.78 Å². The van der Waals surface area contributed by atoms with Gasteiger partial charge >= 0.3 is 0 Å². The normalized spacial score (nSPS) is 15.9. The largest absolute Gasteiger partial charge is 0.396 e. The zero-order valence-electron chi connectivity index (χ0n) is 15.7. The molecule has 1 aromatic heterocycles. The Morgan fingerprint density at radius 2 is 2.04 bits per heavy atom. The molecular weight excluding hydrogens is 342 g/mol. The molecule has 0 atom stereocenters. The highest BCUT2D eigenvalue weighted by Gasteiger charge is 2.21. The molecule has 1 aliphatic heterocycles. The summed E-state index contributed by atoms with van der Waals surface area (Å²) in [6.07, 6.45) is 3.49. The summed E-state index contributed by atoms with van der Waals surface area (Å²) in [7, 11) is 0. The van der Waals surface area contributed by atoms with Crippen LogP contribution in [0, 0.1) is 12.8 Å². The van der Waals surface area contributed by atoms with Crippen LogP contribution in [0.3, 0.4) is 0 Å². The minimum atomic E-state index is -0.273. The van der Waals surface area contributed by atoms with Crippen LogP contribution in [0.15, 0.2) is 40.1 Å². The third kappa shape index (κ3) is 4.95. The summed E-state index contributed by atoms with van der Waals surface area (Å²) in [6.45, 7) is 3.34. The standard InChI is InChI=1S/C20H27N5O2/c1-14-17(9-12-26)18(27)23-20(22-14)24-19(21)25-10-7-16(8-11-25)13-15-5-3-2-4-6-15/h2-6,16,26H,7-13H2,1H3,(H3,21,22,23,24,27). The lowest BCUT2D eigenvalue weighted by Gasteiger charge is -2.32. The quantitative estimate of drug-likeness (QED) is 0.547. The fourth-order valence-corrected chi connectivity index (χ4v) is 3.55. The Bertz CT molecular complexity index is 839. The van der Waals surface area contributed by atoms with Crippen LogP contribution in [-0.2, 0) is 12.8 Å². The van der Waals surface area contributed by atoms with Crippen molar-refractivity contribution >= 4 is 11.9 Å². The summed E-state index contributed by atoms with van der Waals surface area (Å²) in [6, 6.07) is 10.5. The zero-order valence-corrected chi connectivity index (χ0v) is 15.7. The Labute approximate surface area is 159 Å². The topological polar surface area (TPSA) is 108 Å². The maximum atomic E-state index is 12.1. The summed E-state index contributed by atoms with van der Waals surface area (Å²) >= 11 is 0. The van der Waals surface area contributed by atoms with E-state index in [1.807, 2.05) is 11.0 Å². The average Bonchev–Trinajstić information content (AvgIpc) is 2.66. The monoisotopic (exact) mass is 369 g/mol. The van der Waals surface area contributed by atoms with Crippen LogP contribution in [0.5, 0.6) is 0 Å². The number of rotatable bonds is 5. The molecule has 7 heteroatoms. The first kappa shape index (κ1) is 19.1. The van der Waals surface area contributed by atoms with Crippen molar-refractivity contribution in [1.82, 2.24) is 14.9 Å². The second-order valence-corrected chi connectivity index (χ2v) is 7.02. The molecule has 0 saturated carbocycles. The number of aromatic nitrogens is 2. The third-order valence-electron chi connectivity index (χ3n) is 5.10. The Balaban J connectivity index is 1.62. The molecule has 3 rings (SSSR count). The van der Waals surface area contributed by atoms with E-state index in [1.54, 1.807) is 6.92 Å². The van der Waals surface area contributed by atoms with E-state index < -0.39 is 0 Å². The van der Waals surface area contributed by atoms with E-state index in [4.69, 9.17) is 10.8 Å². The van der Waals surface area contributed by atoms with Crippen molar-refractivity contribution in [2.45, 2.75) is 32.6 Å². The summed E-state index contributed by atoms with van der Waals surface area (Å²) < 4.78 is 0. The van der Waals surface area contributed by atoms with E-state index in [0.717, 1.165) is 32.4 Å². The van der Waals surface area contributed by atoms with Gasteiger partial charge in [0.2, 0.25) is 5.95 Å². The fraction of sp³-hybridized carbons (Fsp3) is 0.450. The van der Waals surface area contributed by atoms with Crippen LogP contribution in [0.1, 0.15) is 29.7 Å². The molecule has 4 N–H and O–H groups in total. The predicted molar refractivity (Wildman–Crippen MR) is 106 cm³/mol. The summed E-state index contributed by atoms with van der Waals surface area (Å²) in [4.78, 5) is 25.4. The van der Waals surface area contributed by atoms with Crippen LogP contribution in [-0.4, -0.2) is 45.6 Å². The van der Waals surface area contributed by atoms with Crippen molar-refractivity contribution in [1.29, 1.82) is 0 Å². The molecule has 7 nitrogen and oxygen atoms in total. The number of aromatic amines is 1. The Hall–Kier alpha value is -2.67. The van der Waals surface area contributed by atoms with Crippen LogP contribution in [0.2, 0.25) is 0 Å². The number of aryl methyl sites for hydroxylation is 1. The van der Waals surface area contributed by atoms with Gasteiger partial charge in [0.05, 0.1) is 5.69 Å². The van der Waals surface area contributed by atoms with Crippen molar-refractivity contribution in [2.24, 2.45) is 16.6 Å². The van der Waals surface area contributed by atoms with Gasteiger partial charge in [-0.2, -0.15) is 4.99 Å². The van der Waals surface area contributed by atoms with Crippen molar-refractivity contribution in [2.75, 3.05) is 19.7 Å². The number of piperidine rings is 1. The van der Waals surface area contributed by atoms with Crippen LogP contribution in [0.4, 0.5) is 5.95 Å². The highest BCUT2D eigenvalue weighted by atomic mass is 16.3. The first-order valence-corrected chi connectivity index (χ1v) is 9.40. The van der Waals surface area contributed by atoms with E-state index in [-0.39, 0.29) is 24.5 Å². The molecule has 0 amide bonds. The van der Waals surface area contributed by atoms with Crippen LogP contribution >= 0.6 is 0 Å². The number of nitrogens with zero attached hydrogens (tertiary/aromatic N) is 3. The molecule has 2 aromatic rings. The third-order valence-corrected chi connectivity index (χ3v) is 5.10. The molecule has 27 heavy (non-hydrogen) atoms. The van der Waals surface area contributed by atoms with E-state index in [0.29, 0.717) is 23.1 Å². The first-order chi connectivity index (χ1) is 13.1. The van der Waals surface area contributed by atoms with Gasteiger partial charge < -0.3 is 15.7 Å². The smallest absolute Gasteiger partial charge is 0.255 e. The molecule has 1 aromatic carbocycles. The molecule has 0 aliphatic carbocycles. The van der Waals surface area contributed by atoms with Crippen LogP contribution in [0.25, 0.3) is 0 Å². The number of aliphatic imine (C=N–C) groups is 1. The van der Waals surface area contributed by atoms with Crippen molar-refractivity contribution in [3.8, 4) is 0 Å². The van der Waals surface area contributed by atoms with Gasteiger partial charge in [-0.25, -0.2) is 4.98 Å². The van der Waals surface area contributed by atoms with Crippen molar-refractivity contribution in [3.63, 3.8) is 0 Å². The lowest BCUT2D eigenvalue weighted by molar-refractivity contribution is 0.263. The second-order valence-electron chi connectivity index (χ2n) is 7.02. The number of nitrogens with two attached hydrogens (primary N) is 1. The number of nitrogens with one attached hydrogen (secondary N) is 1. The van der Waals surface area contributed by atoms with Gasteiger partial charge in [0.15, 0.2) is 5.96 Å². The van der Waals surface area contributed by atoms with E-state index in [2.05, 4.69) is 39.2 Å². The van der Waals surface area contributed by atoms with Gasteiger partial charge in [0, 0.05) is 31.7 Å². The van der Waals surface area contributed by atoms with E-state index >= 15 is 0 Å². The molecule has 0 bridgehead atoms. The predicted octanol–water partition coefficient (Wildman–Crippen LogP) is 1.51. The number of H-pyrrole nitrogens is 1. The summed E-state index contributed by atoms with van der Waals surface area (Å²) in [5, 5.41) is 9.03. The molecule has 0 spiro atoms. The maximum Gasteiger partial charge on any atom is 0.255 e. The van der Waals surface area contributed by atoms with Gasteiger partial charge in [0.25, 0.3) is 5.56 Å². The number of guanidine groups is 1. The molecule has 2 heterocycles. The van der Waals surface area contributed by atoms with Gasteiger partial charge in [-0.15, -0.1) is 0 Å². The second kappa shape index (κ2) is 8.81. The number of aliphatic hydroxyl groups excluding tert-OH is 1. The molecule has 144 valence electrons. The first-order valence-electron chi connectivity index (χ1n) is 9.40. The molecule has 0 radical (unpaired) electrons. The molecule has 1 aliphatic rings. The Morgan fingerprint density at radius 3 is 2.67 bits per heavy atom. The number of hydrogen-bond acceptors (Lipinski definition) is 4. The lowest BCUT2D eigenvalue weighted by Crippen LogP contribution is -2.43. The van der Waals surface area contributed by atoms with Crippen molar-refractivity contribution < 1.29 is 5.11 Å². The maximum absolute atomic E-state index is 12.1.